The summed E-state index contributed by atoms with van der Waals surface area (Å²) in [7, 11) is 1.64. The number of Topliss-reactive ketones (excluding diaryl/α,β-unsaturated/α-hetero) is 1. The Bertz CT molecular complexity index is 516. The van der Waals surface area contributed by atoms with E-state index in [-0.39, 0.29) is 18.2 Å². The normalized spacial score (nSPS) is 23.1. The third-order valence-electron chi connectivity index (χ3n) is 3.34. The summed E-state index contributed by atoms with van der Waals surface area (Å²) in [5.41, 5.74) is -1.59. The molecule has 7 heteroatoms. The molecule has 0 aliphatic carbocycles. The van der Waals surface area contributed by atoms with Crippen molar-refractivity contribution < 1.29 is 27.1 Å². The van der Waals surface area contributed by atoms with Gasteiger partial charge in [0.05, 0.1) is 24.7 Å². The molecule has 1 fully saturated rings. The minimum atomic E-state index is -4.82. The molecule has 2 rings (SSSR count). The first kappa shape index (κ1) is 14.9. The Labute approximate surface area is 112 Å². The number of ketones is 1. The molecular formula is C13H13F4NO2. The van der Waals surface area contributed by atoms with Crippen LogP contribution in [0.1, 0.15) is 15.9 Å². The first-order valence-electron chi connectivity index (χ1n) is 6.00. The summed E-state index contributed by atoms with van der Waals surface area (Å²) in [5.74, 6) is -2.43. The zero-order valence-electron chi connectivity index (χ0n) is 10.6. The Kier molecular flexibility index (Phi) is 4.10. The van der Waals surface area contributed by atoms with Crippen LogP contribution in [-0.4, -0.2) is 32.1 Å². The summed E-state index contributed by atoms with van der Waals surface area (Å²) < 4.78 is 56.2. The Morgan fingerprint density at radius 2 is 2.05 bits per heavy atom. The second kappa shape index (κ2) is 5.49. The maximum absolute atomic E-state index is 13.2. The second-order valence-corrected chi connectivity index (χ2v) is 4.60. The molecule has 20 heavy (non-hydrogen) atoms. The fraction of sp³-hybridized carbons (Fsp3) is 0.462. The Hall–Kier alpha value is -1.47. The molecule has 1 heterocycles. The monoisotopic (exact) mass is 291 g/mol. The van der Waals surface area contributed by atoms with Crippen molar-refractivity contribution in [3.05, 3.63) is 35.1 Å². The molecule has 3 nitrogen and oxygen atoms in total. The van der Waals surface area contributed by atoms with Gasteiger partial charge in [-0.15, -0.1) is 0 Å². The molecule has 1 aromatic rings. The van der Waals surface area contributed by atoms with Crippen molar-refractivity contribution >= 4 is 5.78 Å². The molecule has 1 saturated heterocycles. The number of hydrogen-bond donors (Lipinski definition) is 1. The molecule has 110 valence electrons. The van der Waals surface area contributed by atoms with E-state index >= 15 is 0 Å². The van der Waals surface area contributed by atoms with Crippen molar-refractivity contribution in [3.8, 4) is 0 Å². The van der Waals surface area contributed by atoms with Gasteiger partial charge in [-0.3, -0.25) is 4.79 Å². The quantitative estimate of drug-likeness (QED) is 0.686. The van der Waals surface area contributed by atoms with E-state index in [2.05, 4.69) is 5.32 Å². The van der Waals surface area contributed by atoms with Crippen molar-refractivity contribution in [1.82, 2.24) is 5.32 Å². The average molecular weight is 291 g/mol. The number of alkyl halides is 3. The zero-order chi connectivity index (χ0) is 14.9. The maximum Gasteiger partial charge on any atom is 0.419 e. The number of ether oxygens (including phenoxy) is 1. The highest BCUT2D eigenvalue weighted by Crippen LogP contribution is 2.32. The number of carbonyl (C=O) groups excluding carboxylic acids is 1. The lowest BCUT2D eigenvalue weighted by atomic mass is 9.92. The van der Waals surface area contributed by atoms with Gasteiger partial charge < -0.3 is 10.1 Å². The lowest BCUT2D eigenvalue weighted by molar-refractivity contribution is -0.140. The van der Waals surface area contributed by atoms with Crippen LogP contribution in [0.4, 0.5) is 17.6 Å². The fourth-order valence-electron chi connectivity index (χ4n) is 2.21. The van der Waals surface area contributed by atoms with Crippen molar-refractivity contribution in [3.63, 3.8) is 0 Å². The van der Waals surface area contributed by atoms with Crippen LogP contribution < -0.4 is 5.32 Å². The van der Waals surface area contributed by atoms with Crippen molar-refractivity contribution in [2.45, 2.75) is 12.2 Å². The van der Waals surface area contributed by atoms with Crippen LogP contribution in [0.3, 0.4) is 0 Å². The second-order valence-electron chi connectivity index (χ2n) is 4.60. The molecule has 1 aromatic carbocycles. The van der Waals surface area contributed by atoms with Crippen LogP contribution >= 0.6 is 0 Å². The minimum Gasteiger partial charge on any atom is -0.379 e. The third kappa shape index (κ3) is 2.83. The molecule has 0 amide bonds. The molecule has 0 radical (unpaired) electrons. The standard InChI is InChI=1S/C13H13F4NO2/c1-18-11-6-20-5-8(11)12(19)7-2-3-10(14)9(4-7)13(15,16)17/h2-4,8,11,18H,5-6H2,1H3. The molecule has 0 saturated carbocycles. The van der Waals surface area contributed by atoms with E-state index in [0.717, 1.165) is 6.07 Å². The number of nitrogens with one attached hydrogen (secondary N) is 1. The molecule has 2 atom stereocenters. The smallest absolute Gasteiger partial charge is 0.379 e. The SMILES string of the molecule is CNC1COCC1C(=O)c1ccc(F)c(C(F)(F)F)c1. The van der Waals surface area contributed by atoms with Crippen LogP contribution in [0.15, 0.2) is 18.2 Å². The predicted molar refractivity (Wildman–Crippen MR) is 62.9 cm³/mol. The van der Waals surface area contributed by atoms with Gasteiger partial charge in [-0.05, 0) is 25.2 Å². The first-order chi connectivity index (χ1) is 9.34. The number of likely N-dealkylation sites (N-methyl/N-ethyl adjacent to an activating group) is 1. The van der Waals surface area contributed by atoms with E-state index in [4.69, 9.17) is 4.74 Å². The molecule has 0 aromatic heterocycles. The van der Waals surface area contributed by atoms with Crippen LogP contribution in [0.25, 0.3) is 0 Å². The van der Waals surface area contributed by atoms with Gasteiger partial charge in [0.25, 0.3) is 0 Å². The van der Waals surface area contributed by atoms with E-state index in [1.54, 1.807) is 7.05 Å². The lowest BCUT2D eigenvalue weighted by Crippen LogP contribution is -2.37. The largest absolute Gasteiger partial charge is 0.419 e. The number of benzene rings is 1. The van der Waals surface area contributed by atoms with Gasteiger partial charge in [-0.2, -0.15) is 13.2 Å². The molecule has 1 N–H and O–H groups in total. The Balaban J connectivity index is 2.31. The van der Waals surface area contributed by atoms with Gasteiger partial charge in [0, 0.05) is 11.6 Å². The molecule has 0 bridgehead atoms. The highest BCUT2D eigenvalue weighted by Gasteiger charge is 2.37. The molecule has 0 spiro atoms. The summed E-state index contributed by atoms with van der Waals surface area (Å²) in [5, 5.41) is 2.88. The summed E-state index contributed by atoms with van der Waals surface area (Å²) in [6, 6.07) is 2.04. The Morgan fingerprint density at radius 3 is 2.65 bits per heavy atom. The summed E-state index contributed by atoms with van der Waals surface area (Å²) >= 11 is 0. The van der Waals surface area contributed by atoms with Crippen molar-refractivity contribution in [2.75, 3.05) is 20.3 Å². The highest BCUT2D eigenvalue weighted by molar-refractivity contribution is 5.98. The number of carbonyl (C=O) groups is 1. The van der Waals surface area contributed by atoms with Crippen LogP contribution in [0.5, 0.6) is 0 Å². The summed E-state index contributed by atoms with van der Waals surface area (Å²) in [6.45, 7) is 0.462. The minimum absolute atomic E-state index is 0.142. The summed E-state index contributed by atoms with van der Waals surface area (Å²) in [4.78, 5) is 12.2. The topological polar surface area (TPSA) is 38.3 Å². The molecular weight excluding hydrogens is 278 g/mol. The van der Waals surface area contributed by atoms with Crippen LogP contribution in [0, 0.1) is 11.7 Å². The lowest BCUT2D eigenvalue weighted by Gasteiger charge is -2.16. The fourth-order valence-corrected chi connectivity index (χ4v) is 2.21. The maximum atomic E-state index is 13.2. The van der Waals surface area contributed by atoms with Crippen molar-refractivity contribution in [1.29, 1.82) is 0 Å². The summed E-state index contributed by atoms with van der Waals surface area (Å²) in [6.07, 6.45) is -4.82. The first-order valence-corrected chi connectivity index (χ1v) is 6.00. The van der Waals surface area contributed by atoms with Gasteiger partial charge in [-0.25, -0.2) is 4.39 Å². The van der Waals surface area contributed by atoms with E-state index in [0.29, 0.717) is 18.7 Å². The van der Waals surface area contributed by atoms with Gasteiger partial charge in [-0.1, -0.05) is 0 Å². The van der Waals surface area contributed by atoms with Gasteiger partial charge >= 0.3 is 6.18 Å². The van der Waals surface area contributed by atoms with E-state index in [1.165, 1.54) is 0 Å². The number of halogens is 4. The number of hydrogen-bond acceptors (Lipinski definition) is 3. The average Bonchev–Trinajstić information content (AvgIpc) is 2.85. The molecule has 1 aliphatic heterocycles. The third-order valence-corrected chi connectivity index (χ3v) is 3.34. The van der Waals surface area contributed by atoms with Crippen LogP contribution in [0.2, 0.25) is 0 Å². The van der Waals surface area contributed by atoms with Crippen LogP contribution in [-0.2, 0) is 10.9 Å². The van der Waals surface area contributed by atoms with E-state index in [1.807, 2.05) is 0 Å². The van der Waals surface area contributed by atoms with E-state index in [9.17, 15) is 22.4 Å². The number of rotatable bonds is 3. The molecule has 2 unspecified atom stereocenters. The highest BCUT2D eigenvalue weighted by atomic mass is 19.4. The van der Waals surface area contributed by atoms with Gasteiger partial charge in [0.15, 0.2) is 5.78 Å². The van der Waals surface area contributed by atoms with Gasteiger partial charge in [0.2, 0.25) is 0 Å². The zero-order valence-corrected chi connectivity index (χ0v) is 10.6. The van der Waals surface area contributed by atoms with Crippen molar-refractivity contribution in [2.24, 2.45) is 5.92 Å². The predicted octanol–water partition coefficient (Wildman–Crippen LogP) is 2.26. The Morgan fingerprint density at radius 1 is 1.35 bits per heavy atom. The molecule has 1 aliphatic rings. The van der Waals surface area contributed by atoms with Gasteiger partial charge in [0.1, 0.15) is 5.82 Å². The van der Waals surface area contributed by atoms with E-state index < -0.39 is 29.3 Å².